The van der Waals surface area contributed by atoms with Crippen molar-refractivity contribution in [1.82, 2.24) is 0 Å². The summed E-state index contributed by atoms with van der Waals surface area (Å²) in [6.45, 7) is 1.66. The van der Waals surface area contributed by atoms with Gasteiger partial charge in [0, 0.05) is 4.88 Å². The molecular formula is C13H12FNO4S2. The van der Waals surface area contributed by atoms with E-state index in [1.165, 1.54) is 0 Å². The van der Waals surface area contributed by atoms with Gasteiger partial charge in [0.1, 0.15) is 6.61 Å². The van der Waals surface area contributed by atoms with Gasteiger partial charge in [-0.3, -0.25) is 5.32 Å². The molecule has 0 spiro atoms. The van der Waals surface area contributed by atoms with Crippen molar-refractivity contribution in [2.24, 2.45) is 0 Å². The first-order chi connectivity index (χ1) is 9.86. The number of hydrogen-bond donors (Lipinski definition) is 1. The van der Waals surface area contributed by atoms with E-state index in [0.29, 0.717) is 4.88 Å². The Morgan fingerprint density at radius 1 is 1.33 bits per heavy atom. The van der Waals surface area contributed by atoms with E-state index in [9.17, 15) is 17.1 Å². The number of amides is 1. The van der Waals surface area contributed by atoms with E-state index in [2.05, 4.69) is 5.32 Å². The molecule has 0 fully saturated rings. The molecule has 0 saturated heterocycles. The van der Waals surface area contributed by atoms with Crippen LogP contribution in [0.4, 0.5) is 14.4 Å². The molecule has 1 aromatic heterocycles. The minimum atomic E-state index is -4.77. The van der Waals surface area contributed by atoms with Gasteiger partial charge in [0.2, 0.25) is 0 Å². The van der Waals surface area contributed by atoms with E-state index < -0.39 is 20.5 Å². The molecule has 2 rings (SSSR count). The molecule has 21 heavy (non-hydrogen) atoms. The number of rotatable bonds is 4. The average Bonchev–Trinajstić information content (AvgIpc) is 2.79. The molecular weight excluding hydrogens is 317 g/mol. The number of halogens is 1. The largest absolute Gasteiger partial charge is 0.444 e. The first-order valence-electron chi connectivity index (χ1n) is 5.89. The highest BCUT2D eigenvalue weighted by atomic mass is 32.3. The number of nitrogens with one attached hydrogen (secondary N) is 1. The molecule has 112 valence electrons. The lowest BCUT2D eigenvalue weighted by Gasteiger charge is -2.06. The van der Waals surface area contributed by atoms with Crippen LogP contribution in [0.25, 0.3) is 0 Å². The Morgan fingerprint density at radius 2 is 2.00 bits per heavy atom. The molecule has 0 radical (unpaired) electrons. The monoisotopic (exact) mass is 329 g/mol. The van der Waals surface area contributed by atoms with Crippen LogP contribution in [0.1, 0.15) is 10.4 Å². The maximum atomic E-state index is 12.9. The van der Waals surface area contributed by atoms with Gasteiger partial charge >= 0.3 is 16.3 Å². The number of anilines is 1. The van der Waals surface area contributed by atoms with Gasteiger partial charge in [0.15, 0.2) is 4.21 Å². The predicted molar refractivity (Wildman–Crippen MR) is 77.6 cm³/mol. The van der Waals surface area contributed by atoms with Gasteiger partial charge in [-0.15, -0.1) is 11.3 Å². The van der Waals surface area contributed by atoms with Gasteiger partial charge in [0.25, 0.3) is 0 Å². The second-order valence-electron chi connectivity index (χ2n) is 4.16. The summed E-state index contributed by atoms with van der Waals surface area (Å²) >= 11 is 0.745. The number of aryl methyl sites for hydroxylation is 1. The van der Waals surface area contributed by atoms with Crippen LogP contribution < -0.4 is 5.32 Å². The van der Waals surface area contributed by atoms with Crippen molar-refractivity contribution in [3.8, 4) is 0 Å². The molecule has 8 heteroatoms. The van der Waals surface area contributed by atoms with Crippen molar-refractivity contribution < 1.29 is 21.8 Å². The average molecular weight is 329 g/mol. The standard InChI is InChI=1S/C13H12FNO4S2/c1-9-11(7-12(20-9)21(14,17)18)15-13(16)19-8-10-5-3-2-4-6-10/h2-7H,8H2,1H3,(H,15,16). The summed E-state index contributed by atoms with van der Waals surface area (Å²) < 4.78 is 39.0. The predicted octanol–water partition coefficient (Wildman–Crippen LogP) is 3.46. The third-order valence-corrected chi connectivity index (χ3v) is 4.88. The zero-order valence-electron chi connectivity index (χ0n) is 11.0. The molecule has 2 aromatic rings. The van der Waals surface area contributed by atoms with Crippen molar-refractivity contribution in [3.63, 3.8) is 0 Å². The fourth-order valence-corrected chi connectivity index (χ4v) is 3.30. The number of thiophene rings is 1. The summed E-state index contributed by atoms with van der Waals surface area (Å²) in [6, 6.07) is 10.2. The normalized spacial score (nSPS) is 11.1. The van der Waals surface area contributed by atoms with E-state index in [4.69, 9.17) is 4.74 Å². The minimum Gasteiger partial charge on any atom is -0.444 e. The Balaban J connectivity index is 1.99. The summed E-state index contributed by atoms with van der Waals surface area (Å²) in [5.74, 6) is 0. The molecule has 1 aromatic carbocycles. The Bertz CT molecular complexity index is 741. The second kappa shape index (κ2) is 6.23. The summed E-state index contributed by atoms with van der Waals surface area (Å²) in [5.41, 5.74) is 1.04. The van der Waals surface area contributed by atoms with Crippen molar-refractivity contribution in [1.29, 1.82) is 0 Å². The summed E-state index contributed by atoms with van der Waals surface area (Å²) in [7, 11) is -4.77. The van der Waals surface area contributed by atoms with E-state index >= 15 is 0 Å². The summed E-state index contributed by atoms with van der Waals surface area (Å²) in [6.07, 6.45) is -0.734. The number of ether oxygens (including phenoxy) is 1. The van der Waals surface area contributed by atoms with Gasteiger partial charge < -0.3 is 4.74 Å². The number of hydrogen-bond acceptors (Lipinski definition) is 5. The lowest BCUT2D eigenvalue weighted by Crippen LogP contribution is -2.13. The third kappa shape index (κ3) is 4.27. The van der Waals surface area contributed by atoms with E-state index in [-0.39, 0.29) is 12.3 Å². The SMILES string of the molecule is Cc1sc(S(=O)(=O)F)cc1NC(=O)OCc1ccccc1. The maximum Gasteiger partial charge on any atom is 0.411 e. The molecule has 0 bridgehead atoms. The molecule has 1 N–H and O–H groups in total. The first-order valence-corrected chi connectivity index (χ1v) is 8.09. The highest BCUT2D eigenvalue weighted by Gasteiger charge is 2.19. The Kier molecular flexibility index (Phi) is 4.59. The zero-order chi connectivity index (χ0) is 15.5. The van der Waals surface area contributed by atoms with Crippen molar-refractivity contribution in [2.45, 2.75) is 17.7 Å². The van der Waals surface area contributed by atoms with Crippen molar-refractivity contribution in [2.75, 3.05) is 5.32 Å². The lowest BCUT2D eigenvalue weighted by molar-refractivity contribution is 0.155. The molecule has 5 nitrogen and oxygen atoms in total. The Labute approximate surface area is 125 Å². The summed E-state index contributed by atoms with van der Waals surface area (Å²) in [4.78, 5) is 12.1. The molecule has 0 aliphatic rings. The molecule has 0 atom stereocenters. The quantitative estimate of drug-likeness (QED) is 0.872. The molecule has 0 aliphatic heterocycles. The number of carbonyl (C=O) groups is 1. The second-order valence-corrected chi connectivity index (χ2v) is 6.99. The molecule has 1 heterocycles. The van der Waals surface area contributed by atoms with Crippen LogP contribution in [0, 0.1) is 6.92 Å². The van der Waals surface area contributed by atoms with Gasteiger partial charge in [-0.25, -0.2) is 4.79 Å². The highest BCUT2D eigenvalue weighted by Crippen LogP contribution is 2.30. The van der Waals surface area contributed by atoms with Gasteiger partial charge in [-0.2, -0.15) is 8.42 Å². The van der Waals surface area contributed by atoms with Crippen molar-refractivity contribution in [3.05, 3.63) is 46.8 Å². The third-order valence-electron chi connectivity index (χ3n) is 2.58. The molecule has 0 saturated carbocycles. The van der Waals surface area contributed by atoms with E-state index in [1.807, 2.05) is 18.2 Å². The van der Waals surface area contributed by atoms with Crippen LogP contribution >= 0.6 is 11.3 Å². The topological polar surface area (TPSA) is 72.5 Å². The maximum absolute atomic E-state index is 12.9. The van der Waals surface area contributed by atoms with Gasteiger partial charge in [0.05, 0.1) is 5.69 Å². The molecule has 0 aliphatic carbocycles. The van der Waals surface area contributed by atoms with Gasteiger partial charge in [-0.05, 0) is 18.6 Å². The van der Waals surface area contributed by atoms with Crippen LogP contribution in [0.15, 0.2) is 40.6 Å². The Morgan fingerprint density at radius 3 is 2.57 bits per heavy atom. The van der Waals surface area contributed by atoms with E-state index in [0.717, 1.165) is 23.0 Å². The lowest BCUT2D eigenvalue weighted by atomic mass is 10.2. The smallest absolute Gasteiger partial charge is 0.411 e. The zero-order valence-corrected chi connectivity index (χ0v) is 12.6. The number of carbonyl (C=O) groups excluding carboxylic acids is 1. The minimum absolute atomic E-state index is 0.0874. The highest BCUT2D eigenvalue weighted by molar-refractivity contribution is 7.88. The van der Waals surface area contributed by atoms with Gasteiger partial charge in [-0.1, -0.05) is 34.2 Å². The Hall–Kier alpha value is -1.93. The fourth-order valence-electron chi connectivity index (χ4n) is 1.57. The summed E-state index contributed by atoms with van der Waals surface area (Å²) in [5, 5.41) is 2.39. The van der Waals surface area contributed by atoms with Crippen molar-refractivity contribution >= 4 is 33.3 Å². The van der Waals surface area contributed by atoms with Crippen LogP contribution in [-0.2, 0) is 21.6 Å². The number of benzene rings is 1. The molecule has 0 unspecified atom stereocenters. The van der Waals surface area contributed by atoms with Crippen LogP contribution in [0.2, 0.25) is 0 Å². The van der Waals surface area contributed by atoms with Crippen LogP contribution in [0.3, 0.4) is 0 Å². The molecule has 1 amide bonds. The van der Waals surface area contributed by atoms with Crippen LogP contribution in [-0.4, -0.2) is 14.5 Å². The first kappa shape index (κ1) is 15.5. The van der Waals surface area contributed by atoms with E-state index in [1.54, 1.807) is 19.1 Å². The van der Waals surface area contributed by atoms with Crippen LogP contribution in [0.5, 0.6) is 0 Å². The fraction of sp³-hybridized carbons (Fsp3) is 0.154.